The Labute approximate surface area is 151 Å². The lowest BCUT2D eigenvalue weighted by Gasteiger charge is -2.24. The highest BCUT2D eigenvalue weighted by molar-refractivity contribution is 5.93. The average molecular weight is 363 g/mol. The third-order valence-corrected chi connectivity index (χ3v) is 5.42. The van der Waals surface area contributed by atoms with Gasteiger partial charge in [0.2, 0.25) is 5.88 Å². The van der Waals surface area contributed by atoms with Crippen LogP contribution in [0.5, 0.6) is 5.88 Å². The molecule has 2 atom stereocenters. The van der Waals surface area contributed by atoms with Crippen LogP contribution in [0.2, 0.25) is 0 Å². The summed E-state index contributed by atoms with van der Waals surface area (Å²) in [5, 5.41) is 30.6. The van der Waals surface area contributed by atoms with E-state index in [0.29, 0.717) is 28.6 Å². The van der Waals surface area contributed by atoms with Crippen LogP contribution in [-0.2, 0) is 0 Å². The largest absolute Gasteiger partial charge is 0.493 e. The predicted molar refractivity (Wildman–Crippen MR) is 92.8 cm³/mol. The molecule has 0 saturated carbocycles. The second kappa shape index (κ2) is 5.11. The van der Waals surface area contributed by atoms with Crippen LogP contribution >= 0.6 is 0 Å². The maximum absolute atomic E-state index is 13.1. The summed E-state index contributed by atoms with van der Waals surface area (Å²) in [6, 6.07) is 8.20. The van der Waals surface area contributed by atoms with Crippen molar-refractivity contribution in [2.24, 2.45) is 0 Å². The number of aromatic hydroxyl groups is 1. The van der Waals surface area contributed by atoms with Gasteiger partial charge in [-0.15, -0.1) is 0 Å². The Hall–Kier alpha value is -3.80. The van der Waals surface area contributed by atoms with Gasteiger partial charge in [0.05, 0.1) is 24.0 Å². The number of aromatic nitrogens is 3. The quantitative estimate of drug-likeness (QED) is 0.679. The fourth-order valence-electron chi connectivity index (χ4n) is 4.32. The van der Waals surface area contributed by atoms with Crippen molar-refractivity contribution in [3.8, 4) is 17.6 Å². The van der Waals surface area contributed by atoms with E-state index in [9.17, 15) is 25.1 Å². The average Bonchev–Trinajstić information content (AvgIpc) is 3.33. The van der Waals surface area contributed by atoms with Gasteiger partial charge in [0.15, 0.2) is 0 Å². The SMILES string of the molecule is N#Cc1ncc(-n2c(O)c3n(c2=O)[C@H]2C[C@@H]3N(C(=O)O)C2)c2ccccc12. The zero-order valence-electron chi connectivity index (χ0n) is 13.9. The normalized spacial score (nSPS) is 20.0. The van der Waals surface area contributed by atoms with E-state index in [0.717, 1.165) is 4.57 Å². The number of hydrogen-bond donors (Lipinski definition) is 2. The van der Waals surface area contributed by atoms with Gasteiger partial charge in [0.25, 0.3) is 0 Å². The molecule has 2 N–H and O–H groups in total. The summed E-state index contributed by atoms with van der Waals surface area (Å²) in [5.74, 6) is -0.282. The van der Waals surface area contributed by atoms with Crippen molar-refractivity contribution in [1.29, 1.82) is 5.26 Å². The Morgan fingerprint density at radius 1 is 1.30 bits per heavy atom. The molecule has 2 aliphatic heterocycles. The first-order valence-corrected chi connectivity index (χ1v) is 8.36. The fraction of sp³-hybridized carbons (Fsp3) is 0.222. The van der Waals surface area contributed by atoms with Gasteiger partial charge in [-0.3, -0.25) is 9.47 Å². The second-order valence-electron chi connectivity index (χ2n) is 6.69. The number of hydrogen-bond acceptors (Lipinski definition) is 5. The van der Waals surface area contributed by atoms with Gasteiger partial charge in [0.1, 0.15) is 17.5 Å². The van der Waals surface area contributed by atoms with Crippen molar-refractivity contribution in [2.75, 3.05) is 6.54 Å². The second-order valence-corrected chi connectivity index (χ2v) is 6.69. The molecule has 1 fully saturated rings. The lowest BCUT2D eigenvalue weighted by Crippen LogP contribution is -2.37. The van der Waals surface area contributed by atoms with Crippen molar-refractivity contribution in [1.82, 2.24) is 19.0 Å². The standard InChI is InChI=1S/C18H13N5O4/c19-6-12-10-3-1-2-4-11(10)14(7-20-12)23-16(24)15-13-5-9(22(15)17(23)25)8-21(13)18(26)27/h1-4,7,9,13,24H,5,8H2,(H,26,27)/t9-,13-/m0/s1. The molecule has 1 saturated heterocycles. The summed E-state index contributed by atoms with van der Waals surface area (Å²) in [7, 11) is 0. The first kappa shape index (κ1) is 15.5. The van der Waals surface area contributed by atoms with Crippen molar-refractivity contribution >= 4 is 16.9 Å². The van der Waals surface area contributed by atoms with Crippen molar-refractivity contribution in [3.63, 3.8) is 0 Å². The molecule has 4 heterocycles. The van der Waals surface area contributed by atoms with Crippen molar-refractivity contribution in [3.05, 3.63) is 52.3 Å². The van der Waals surface area contributed by atoms with E-state index >= 15 is 0 Å². The van der Waals surface area contributed by atoms with Crippen LogP contribution in [0.25, 0.3) is 16.5 Å². The van der Waals surface area contributed by atoms with Gasteiger partial charge in [-0.2, -0.15) is 5.26 Å². The number of nitriles is 1. The number of nitrogens with zero attached hydrogens (tertiary/aromatic N) is 5. The molecular weight excluding hydrogens is 350 g/mol. The molecule has 0 radical (unpaired) electrons. The van der Waals surface area contributed by atoms with Gasteiger partial charge >= 0.3 is 11.8 Å². The number of amides is 1. The number of benzene rings is 1. The Bertz CT molecular complexity index is 1240. The van der Waals surface area contributed by atoms with Gasteiger partial charge in [0, 0.05) is 17.3 Å². The number of imidazole rings is 1. The lowest BCUT2D eigenvalue weighted by molar-refractivity contribution is 0.133. The van der Waals surface area contributed by atoms with Crippen LogP contribution in [0.3, 0.4) is 0 Å². The minimum atomic E-state index is -1.07. The molecule has 2 bridgehead atoms. The highest BCUT2D eigenvalue weighted by Crippen LogP contribution is 2.48. The smallest absolute Gasteiger partial charge is 0.407 e. The Morgan fingerprint density at radius 2 is 2.04 bits per heavy atom. The summed E-state index contributed by atoms with van der Waals surface area (Å²) in [4.78, 5) is 29.8. The van der Waals surface area contributed by atoms with Crippen LogP contribution in [0, 0.1) is 11.3 Å². The minimum absolute atomic E-state index is 0.225. The van der Waals surface area contributed by atoms with E-state index in [2.05, 4.69) is 4.98 Å². The highest BCUT2D eigenvalue weighted by atomic mass is 16.4. The molecule has 9 nitrogen and oxygen atoms in total. The van der Waals surface area contributed by atoms with Gasteiger partial charge < -0.3 is 10.2 Å². The van der Waals surface area contributed by atoms with Crippen LogP contribution in [0.15, 0.2) is 35.3 Å². The van der Waals surface area contributed by atoms with E-state index in [1.54, 1.807) is 24.3 Å². The Morgan fingerprint density at radius 3 is 2.74 bits per heavy atom. The van der Waals surface area contributed by atoms with E-state index in [-0.39, 0.29) is 24.2 Å². The third kappa shape index (κ3) is 1.84. The number of pyridine rings is 1. The molecule has 1 amide bonds. The minimum Gasteiger partial charge on any atom is -0.493 e. The molecule has 2 aromatic heterocycles. The first-order valence-electron chi connectivity index (χ1n) is 8.36. The number of rotatable bonds is 1. The van der Waals surface area contributed by atoms with E-state index in [4.69, 9.17) is 0 Å². The van der Waals surface area contributed by atoms with Crippen LogP contribution in [0.4, 0.5) is 4.79 Å². The van der Waals surface area contributed by atoms with Crippen LogP contribution in [-0.4, -0.2) is 41.9 Å². The van der Waals surface area contributed by atoms with Gasteiger partial charge in [-0.25, -0.2) is 19.1 Å². The molecule has 0 spiro atoms. The van der Waals surface area contributed by atoms with Crippen LogP contribution < -0.4 is 5.69 Å². The number of carboxylic acid groups (broad SMARTS) is 1. The Balaban J connectivity index is 1.78. The molecular formula is C18H13N5O4. The summed E-state index contributed by atoms with van der Waals surface area (Å²) >= 11 is 0. The number of likely N-dealkylation sites (tertiary alicyclic amines) is 1. The monoisotopic (exact) mass is 363 g/mol. The maximum atomic E-state index is 13.1. The zero-order chi connectivity index (χ0) is 18.9. The topological polar surface area (TPSA) is 124 Å². The molecule has 9 heteroatoms. The summed E-state index contributed by atoms with van der Waals surface area (Å²) in [6.07, 6.45) is 0.797. The maximum Gasteiger partial charge on any atom is 0.407 e. The van der Waals surface area contributed by atoms with E-state index in [1.807, 2.05) is 6.07 Å². The zero-order valence-corrected chi connectivity index (χ0v) is 13.9. The summed E-state index contributed by atoms with van der Waals surface area (Å²) in [5.41, 5.74) is 0.463. The Kier molecular flexibility index (Phi) is 2.92. The van der Waals surface area contributed by atoms with Gasteiger partial charge in [-0.05, 0) is 6.42 Å². The molecule has 0 unspecified atom stereocenters. The number of carbonyl (C=O) groups is 1. The van der Waals surface area contributed by atoms with Crippen molar-refractivity contribution in [2.45, 2.75) is 18.5 Å². The number of fused-ring (bicyclic) bond motifs is 6. The molecule has 1 aromatic carbocycles. The van der Waals surface area contributed by atoms with Crippen molar-refractivity contribution < 1.29 is 15.0 Å². The van der Waals surface area contributed by atoms with Gasteiger partial charge in [-0.1, -0.05) is 24.3 Å². The molecule has 134 valence electrons. The first-order chi connectivity index (χ1) is 13.0. The predicted octanol–water partition coefficient (Wildman–Crippen LogP) is 1.74. The summed E-state index contributed by atoms with van der Waals surface area (Å²) in [6.45, 7) is 0.225. The molecule has 5 rings (SSSR count). The highest BCUT2D eigenvalue weighted by Gasteiger charge is 2.49. The van der Waals surface area contributed by atoms with E-state index < -0.39 is 17.8 Å². The molecule has 2 aliphatic rings. The molecule has 0 aliphatic carbocycles. The molecule has 27 heavy (non-hydrogen) atoms. The summed E-state index contributed by atoms with van der Waals surface area (Å²) < 4.78 is 2.63. The van der Waals surface area contributed by atoms with E-state index in [1.165, 1.54) is 15.7 Å². The van der Waals surface area contributed by atoms with Crippen LogP contribution in [0.1, 0.15) is 29.9 Å². The third-order valence-electron chi connectivity index (χ3n) is 5.42. The fourth-order valence-corrected chi connectivity index (χ4v) is 4.32. The molecule has 3 aromatic rings. The lowest BCUT2D eigenvalue weighted by atomic mass is 10.1.